The van der Waals surface area contributed by atoms with Crippen molar-refractivity contribution in [2.24, 2.45) is 0 Å². The maximum atomic E-state index is 14.0. The number of ether oxygens (including phenoxy) is 2. The number of amides is 1. The highest BCUT2D eigenvalue weighted by molar-refractivity contribution is 6.05. The van der Waals surface area contributed by atoms with E-state index in [9.17, 15) is 18.0 Å². The van der Waals surface area contributed by atoms with Crippen LogP contribution in [0.15, 0.2) is 42.5 Å². The summed E-state index contributed by atoms with van der Waals surface area (Å²) in [5.74, 6) is -0.922. The molecule has 3 rings (SSSR count). The molecule has 0 spiro atoms. The van der Waals surface area contributed by atoms with E-state index in [2.05, 4.69) is 15.2 Å². The molecule has 1 heterocycles. The number of anilines is 1. The van der Waals surface area contributed by atoms with Gasteiger partial charge in [0, 0.05) is 11.1 Å². The number of halogens is 3. The van der Waals surface area contributed by atoms with E-state index in [1.54, 1.807) is 43.7 Å². The van der Waals surface area contributed by atoms with Gasteiger partial charge in [-0.15, -0.1) is 0 Å². The van der Waals surface area contributed by atoms with Gasteiger partial charge in [0.15, 0.2) is 11.5 Å². The first-order valence-electron chi connectivity index (χ1n) is 9.60. The average molecular weight is 433 g/mol. The molecular weight excluding hydrogens is 411 g/mol. The van der Waals surface area contributed by atoms with Gasteiger partial charge in [-0.3, -0.25) is 9.48 Å². The van der Waals surface area contributed by atoms with Gasteiger partial charge in [-0.1, -0.05) is 18.2 Å². The van der Waals surface area contributed by atoms with Crippen LogP contribution in [0.4, 0.5) is 18.9 Å². The van der Waals surface area contributed by atoms with Gasteiger partial charge in [-0.2, -0.15) is 13.9 Å². The maximum Gasteiger partial charge on any atom is 0.387 e. The van der Waals surface area contributed by atoms with Crippen LogP contribution in [-0.4, -0.2) is 28.9 Å². The summed E-state index contributed by atoms with van der Waals surface area (Å²) in [6.45, 7) is 2.60. The number of benzene rings is 2. The predicted octanol–water partition coefficient (Wildman–Crippen LogP) is 4.94. The van der Waals surface area contributed by atoms with Gasteiger partial charge < -0.3 is 14.8 Å². The summed E-state index contributed by atoms with van der Waals surface area (Å²) in [5.41, 5.74) is 2.38. The van der Waals surface area contributed by atoms with E-state index in [0.717, 1.165) is 0 Å². The van der Waals surface area contributed by atoms with Crippen LogP contribution in [0.2, 0.25) is 0 Å². The largest absolute Gasteiger partial charge is 0.490 e. The topological polar surface area (TPSA) is 65.4 Å². The lowest BCUT2D eigenvalue weighted by Gasteiger charge is -2.13. The van der Waals surface area contributed by atoms with Crippen molar-refractivity contribution < 1.29 is 27.4 Å². The Balaban J connectivity index is 1.83. The van der Waals surface area contributed by atoms with Crippen LogP contribution in [0, 0.1) is 19.7 Å². The van der Waals surface area contributed by atoms with Gasteiger partial charge in [0.05, 0.1) is 30.2 Å². The molecule has 1 amide bonds. The predicted molar refractivity (Wildman–Crippen MR) is 109 cm³/mol. The highest BCUT2D eigenvalue weighted by Gasteiger charge is 2.18. The summed E-state index contributed by atoms with van der Waals surface area (Å²) in [5, 5.41) is 7.18. The Labute approximate surface area is 177 Å². The molecule has 0 saturated carbocycles. The van der Waals surface area contributed by atoms with Crippen molar-refractivity contribution >= 4 is 11.6 Å². The van der Waals surface area contributed by atoms with Gasteiger partial charge in [0.2, 0.25) is 0 Å². The van der Waals surface area contributed by atoms with E-state index < -0.39 is 12.5 Å². The van der Waals surface area contributed by atoms with Crippen molar-refractivity contribution in [1.82, 2.24) is 9.78 Å². The van der Waals surface area contributed by atoms with Crippen molar-refractivity contribution in [1.29, 1.82) is 0 Å². The summed E-state index contributed by atoms with van der Waals surface area (Å²) in [6, 6.07) is 10.4. The van der Waals surface area contributed by atoms with Crippen LogP contribution in [0.5, 0.6) is 11.5 Å². The third-order valence-electron chi connectivity index (χ3n) is 4.62. The van der Waals surface area contributed by atoms with Gasteiger partial charge >= 0.3 is 6.61 Å². The molecule has 1 N–H and O–H groups in total. The summed E-state index contributed by atoms with van der Waals surface area (Å²) in [4.78, 5) is 12.8. The first kappa shape index (κ1) is 22.2. The second-order valence-corrected chi connectivity index (χ2v) is 6.72. The van der Waals surface area contributed by atoms with Crippen LogP contribution < -0.4 is 14.8 Å². The maximum absolute atomic E-state index is 14.0. The molecule has 9 heteroatoms. The minimum atomic E-state index is -3.01. The lowest BCUT2D eigenvalue weighted by atomic mass is 10.1. The molecule has 0 bridgehead atoms. The van der Waals surface area contributed by atoms with Gasteiger partial charge in [0.25, 0.3) is 5.91 Å². The summed E-state index contributed by atoms with van der Waals surface area (Å²) < 4.78 is 50.5. The van der Waals surface area contributed by atoms with Crippen LogP contribution in [0.1, 0.15) is 34.2 Å². The second-order valence-electron chi connectivity index (χ2n) is 6.72. The molecule has 6 nitrogen and oxygen atoms in total. The van der Waals surface area contributed by atoms with Gasteiger partial charge in [-0.05, 0) is 45.0 Å². The van der Waals surface area contributed by atoms with Crippen LogP contribution >= 0.6 is 0 Å². The Morgan fingerprint density at radius 2 is 1.90 bits per heavy atom. The summed E-state index contributed by atoms with van der Waals surface area (Å²) in [7, 11) is 0. The van der Waals surface area contributed by atoms with E-state index in [1.807, 2.05) is 0 Å². The Morgan fingerprint density at radius 3 is 2.58 bits per heavy atom. The Hall–Kier alpha value is -3.49. The van der Waals surface area contributed by atoms with Crippen molar-refractivity contribution in [3.05, 3.63) is 70.8 Å². The van der Waals surface area contributed by atoms with Crippen LogP contribution in [-0.2, 0) is 6.54 Å². The van der Waals surface area contributed by atoms with E-state index in [-0.39, 0.29) is 36.0 Å². The van der Waals surface area contributed by atoms with Crippen molar-refractivity contribution in [3.8, 4) is 11.5 Å². The monoisotopic (exact) mass is 433 g/mol. The molecule has 0 radical (unpaired) electrons. The highest BCUT2D eigenvalue weighted by Crippen LogP contribution is 2.30. The molecule has 3 aromatic rings. The quantitative estimate of drug-likeness (QED) is 0.547. The SMILES string of the molecule is CCOc1cc(C(=O)Nc2c(C)nn(Cc3ccccc3F)c2C)ccc1OC(F)F. The molecule has 0 aliphatic rings. The Kier molecular flexibility index (Phi) is 6.84. The molecule has 0 atom stereocenters. The first-order valence-corrected chi connectivity index (χ1v) is 9.60. The number of alkyl halides is 2. The number of aromatic nitrogens is 2. The number of carbonyl (C=O) groups excluding carboxylic acids is 1. The third kappa shape index (κ3) is 5.17. The van der Waals surface area contributed by atoms with Crippen LogP contribution in [0.25, 0.3) is 0 Å². The molecule has 0 saturated heterocycles. The van der Waals surface area contributed by atoms with E-state index in [0.29, 0.717) is 22.6 Å². The zero-order valence-corrected chi connectivity index (χ0v) is 17.3. The van der Waals surface area contributed by atoms with Crippen molar-refractivity contribution in [2.75, 3.05) is 11.9 Å². The fourth-order valence-corrected chi connectivity index (χ4v) is 3.12. The average Bonchev–Trinajstić information content (AvgIpc) is 2.98. The lowest BCUT2D eigenvalue weighted by molar-refractivity contribution is -0.0514. The minimum Gasteiger partial charge on any atom is -0.490 e. The lowest BCUT2D eigenvalue weighted by Crippen LogP contribution is -2.14. The second kappa shape index (κ2) is 9.55. The summed E-state index contributed by atoms with van der Waals surface area (Å²) in [6.07, 6.45) is 0. The van der Waals surface area contributed by atoms with Gasteiger partial charge in [0.1, 0.15) is 5.82 Å². The fourth-order valence-electron chi connectivity index (χ4n) is 3.12. The summed E-state index contributed by atoms with van der Waals surface area (Å²) >= 11 is 0. The minimum absolute atomic E-state index is 0.0409. The zero-order chi connectivity index (χ0) is 22.5. The number of carbonyl (C=O) groups is 1. The highest BCUT2D eigenvalue weighted by atomic mass is 19.3. The Bertz CT molecular complexity index is 1080. The molecular formula is C22H22F3N3O3. The molecule has 0 fully saturated rings. The number of hydrogen-bond acceptors (Lipinski definition) is 4. The number of rotatable bonds is 8. The van der Waals surface area contributed by atoms with Crippen molar-refractivity contribution in [3.63, 3.8) is 0 Å². The zero-order valence-electron chi connectivity index (χ0n) is 17.3. The molecule has 2 aromatic carbocycles. The molecule has 164 valence electrons. The third-order valence-corrected chi connectivity index (χ3v) is 4.62. The smallest absolute Gasteiger partial charge is 0.387 e. The normalized spacial score (nSPS) is 10.9. The number of aryl methyl sites for hydroxylation is 1. The molecule has 0 aliphatic carbocycles. The van der Waals surface area contributed by atoms with Gasteiger partial charge in [-0.25, -0.2) is 4.39 Å². The first-order chi connectivity index (χ1) is 14.8. The molecule has 1 aromatic heterocycles. The van der Waals surface area contributed by atoms with Crippen molar-refractivity contribution in [2.45, 2.75) is 33.9 Å². The van der Waals surface area contributed by atoms with E-state index in [1.165, 1.54) is 24.3 Å². The fraction of sp³-hybridized carbons (Fsp3) is 0.273. The Morgan fingerprint density at radius 1 is 1.16 bits per heavy atom. The number of hydrogen-bond donors (Lipinski definition) is 1. The molecule has 0 aliphatic heterocycles. The van der Waals surface area contributed by atoms with Crippen LogP contribution in [0.3, 0.4) is 0 Å². The number of nitrogens with one attached hydrogen (secondary N) is 1. The number of nitrogens with zero attached hydrogens (tertiary/aromatic N) is 2. The molecule has 0 unspecified atom stereocenters. The van der Waals surface area contributed by atoms with E-state index >= 15 is 0 Å². The molecule has 31 heavy (non-hydrogen) atoms. The van der Waals surface area contributed by atoms with E-state index in [4.69, 9.17) is 4.74 Å². The standard InChI is InChI=1S/C22H22F3N3O3/c1-4-30-19-11-15(9-10-18(19)31-22(24)25)21(29)26-20-13(2)27-28(14(20)3)12-16-7-5-6-8-17(16)23/h5-11,22H,4,12H2,1-3H3,(H,26,29).